The van der Waals surface area contributed by atoms with Crippen molar-refractivity contribution in [1.29, 1.82) is 0 Å². The van der Waals surface area contributed by atoms with Crippen molar-refractivity contribution < 1.29 is 9.47 Å². The number of pyridine rings is 1. The first-order valence-electron chi connectivity index (χ1n) is 8.55. The zero-order chi connectivity index (χ0) is 17.3. The van der Waals surface area contributed by atoms with E-state index in [4.69, 9.17) is 9.47 Å². The van der Waals surface area contributed by atoms with Crippen molar-refractivity contribution in [1.82, 2.24) is 14.9 Å². The lowest BCUT2D eigenvalue weighted by Crippen LogP contribution is -2.35. The van der Waals surface area contributed by atoms with Crippen molar-refractivity contribution >= 4 is 43.1 Å². The second-order valence-corrected chi connectivity index (χ2v) is 8.12. The second-order valence-electron chi connectivity index (χ2n) is 6.21. The van der Waals surface area contributed by atoms with Gasteiger partial charge in [0.2, 0.25) is 0 Å². The molecule has 0 spiro atoms. The lowest BCUT2D eigenvalue weighted by Gasteiger charge is -2.26. The maximum absolute atomic E-state index is 5.98. The quantitative estimate of drug-likeness (QED) is 0.518. The zero-order valence-corrected chi connectivity index (χ0v) is 15.7. The lowest BCUT2D eigenvalue weighted by atomic mass is 10.1. The fourth-order valence-corrected chi connectivity index (χ4v) is 4.92. The summed E-state index contributed by atoms with van der Waals surface area (Å²) in [6.45, 7) is 4.65. The van der Waals surface area contributed by atoms with Gasteiger partial charge in [0.25, 0.3) is 5.19 Å². The van der Waals surface area contributed by atoms with Crippen molar-refractivity contribution in [2.24, 2.45) is 0 Å². The largest absolute Gasteiger partial charge is 0.431 e. The molecule has 132 valence electrons. The molecule has 7 heteroatoms. The Labute approximate surface area is 158 Å². The van der Waals surface area contributed by atoms with Crippen LogP contribution in [0.15, 0.2) is 41.9 Å². The Bertz CT molecular complexity index is 1020. The molecule has 0 radical (unpaired) electrons. The molecule has 0 unspecified atom stereocenters. The van der Waals surface area contributed by atoms with Crippen LogP contribution in [0.5, 0.6) is 10.9 Å². The van der Waals surface area contributed by atoms with Gasteiger partial charge in [-0.15, -0.1) is 11.3 Å². The Hall–Kier alpha value is -2.06. The van der Waals surface area contributed by atoms with E-state index < -0.39 is 0 Å². The molecule has 0 bridgehead atoms. The number of benzene rings is 1. The molecule has 0 aliphatic carbocycles. The summed E-state index contributed by atoms with van der Waals surface area (Å²) in [5.74, 6) is 0.816. The average Bonchev–Trinajstić information content (AvgIpc) is 3.26. The molecule has 1 saturated heterocycles. The molecule has 4 heterocycles. The lowest BCUT2D eigenvalue weighted by molar-refractivity contribution is 0.0344. The van der Waals surface area contributed by atoms with E-state index in [0.29, 0.717) is 5.19 Å². The van der Waals surface area contributed by atoms with Crippen molar-refractivity contribution in [2.75, 3.05) is 26.3 Å². The van der Waals surface area contributed by atoms with Gasteiger partial charge in [-0.25, -0.2) is 4.98 Å². The summed E-state index contributed by atoms with van der Waals surface area (Å²) >= 11 is 3.28. The van der Waals surface area contributed by atoms with Crippen LogP contribution in [-0.2, 0) is 11.3 Å². The molecule has 5 rings (SSSR count). The van der Waals surface area contributed by atoms with Crippen molar-refractivity contribution in [3.63, 3.8) is 0 Å². The fourth-order valence-electron chi connectivity index (χ4n) is 3.14. The van der Waals surface area contributed by atoms with Crippen LogP contribution in [-0.4, -0.2) is 41.2 Å². The van der Waals surface area contributed by atoms with Gasteiger partial charge in [0.1, 0.15) is 5.75 Å². The van der Waals surface area contributed by atoms with E-state index >= 15 is 0 Å². The zero-order valence-electron chi connectivity index (χ0n) is 14.1. The Balaban J connectivity index is 1.38. The SMILES string of the molecule is c1cnc2nc(Oc3ccc4c(CN5CCOCC5)csc4c3)sc2c1. The van der Waals surface area contributed by atoms with Crippen LogP contribution in [0.25, 0.3) is 20.4 Å². The highest BCUT2D eigenvalue weighted by atomic mass is 32.1. The average molecular weight is 383 g/mol. The van der Waals surface area contributed by atoms with Gasteiger partial charge in [0.15, 0.2) is 5.65 Å². The summed E-state index contributed by atoms with van der Waals surface area (Å²) in [5.41, 5.74) is 2.11. The van der Waals surface area contributed by atoms with Crippen LogP contribution in [0.1, 0.15) is 5.56 Å². The molecule has 0 N–H and O–H groups in total. The molecular weight excluding hydrogens is 366 g/mol. The number of hydrogen-bond donors (Lipinski definition) is 0. The van der Waals surface area contributed by atoms with Crippen LogP contribution in [0, 0.1) is 0 Å². The number of aromatic nitrogens is 2. The Kier molecular flexibility index (Phi) is 4.30. The van der Waals surface area contributed by atoms with E-state index in [1.54, 1.807) is 17.5 Å². The predicted molar refractivity (Wildman–Crippen MR) is 105 cm³/mol. The minimum atomic E-state index is 0.628. The number of nitrogens with zero attached hydrogens (tertiary/aromatic N) is 3. The van der Waals surface area contributed by atoms with E-state index in [0.717, 1.165) is 48.9 Å². The van der Waals surface area contributed by atoms with Crippen LogP contribution in [0.4, 0.5) is 0 Å². The minimum Gasteiger partial charge on any atom is -0.431 e. The van der Waals surface area contributed by atoms with Gasteiger partial charge in [0.05, 0.1) is 17.9 Å². The van der Waals surface area contributed by atoms with Crippen LogP contribution < -0.4 is 4.74 Å². The third-order valence-electron chi connectivity index (χ3n) is 4.48. The molecule has 0 saturated carbocycles. The van der Waals surface area contributed by atoms with E-state index in [9.17, 15) is 0 Å². The number of morpholine rings is 1. The van der Waals surface area contributed by atoms with Crippen molar-refractivity contribution in [3.8, 4) is 10.9 Å². The Morgan fingerprint density at radius 1 is 1.15 bits per heavy atom. The third-order valence-corrected chi connectivity index (χ3v) is 6.36. The Morgan fingerprint density at radius 2 is 2.08 bits per heavy atom. The number of rotatable bonds is 4. The summed E-state index contributed by atoms with van der Waals surface area (Å²) in [6.07, 6.45) is 1.75. The highest BCUT2D eigenvalue weighted by molar-refractivity contribution is 7.20. The first-order valence-corrected chi connectivity index (χ1v) is 10.2. The molecule has 1 aliphatic heterocycles. The van der Waals surface area contributed by atoms with Gasteiger partial charge < -0.3 is 9.47 Å². The van der Waals surface area contributed by atoms with E-state index in [-0.39, 0.29) is 0 Å². The van der Waals surface area contributed by atoms with E-state index in [2.05, 4.69) is 32.4 Å². The molecule has 0 amide bonds. The summed E-state index contributed by atoms with van der Waals surface area (Å²) in [6, 6.07) is 10.2. The topological polar surface area (TPSA) is 47.5 Å². The summed E-state index contributed by atoms with van der Waals surface area (Å²) in [4.78, 5) is 11.1. The molecule has 0 atom stereocenters. The van der Waals surface area contributed by atoms with Gasteiger partial charge in [-0.05, 0) is 46.7 Å². The minimum absolute atomic E-state index is 0.628. The maximum atomic E-state index is 5.98. The molecule has 26 heavy (non-hydrogen) atoms. The van der Waals surface area contributed by atoms with Crippen LogP contribution in [0.2, 0.25) is 0 Å². The van der Waals surface area contributed by atoms with E-state index in [1.165, 1.54) is 27.0 Å². The van der Waals surface area contributed by atoms with Gasteiger partial charge in [0, 0.05) is 30.5 Å². The summed E-state index contributed by atoms with van der Waals surface area (Å²) in [5, 5.41) is 4.19. The van der Waals surface area contributed by atoms with Gasteiger partial charge in [-0.2, -0.15) is 4.98 Å². The molecule has 5 nitrogen and oxygen atoms in total. The molecule has 3 aromatic heterocycles. The second kappa shape index (κ2) is 6.92. The first kappa shape index (κ1) is 16.1. The van der Waals surface area contributed by atoms with Crippen LogP contribution in [0.3, 0.4) is 0 Å². The predicted octanol–water partition coefficient (Wildman–Crippen LogP) is 4.53. The molecule has 1 aromatic carbocycles. The van der Waals surface area contributed by atoms with Crippen molar-refractivity contribution in [3.05, 3.63) is 47.5 Å². The normalized spacial score (nSPS) is 15.7. The molecule has 1 fully saturated rings. The number of ether oxygens (including phenoxy) is 2. The number of thiazole rings is 1. The maximum Gasteiger partial charge on any atom is 0.281 e. The van der Waals surface area contributed by atoms with Crippen molar-refractivity contribution in [2.45, 2.75) is 6.54 Å². The number of thiophene rings is 1. The smallest absolute Gasteiger partial charge is 0.281 e. The standard InChI is InChI=1S/C19H17N3O2S2/c1-2-16-18(20-5-1)21-19(26-16)24-14-3-4-15-13(12-25-17(15)10-14)11-22-6-8-23-9-7-22/h1-5,10,12H,6-9,11H2. The van der Waals surface area contributed by atoms with Gasteiger partial charge in [-0.3, -0.25) is 4.90 Å². The highest BCUT2D eigenvalue weighted by Gasteiger charge is 2.14. The summed E-state index contributed by atoms with van der Waals surface area (Å²) in [7, 11) is 0. The highest BCUT2D eigenvalue weighted by Crippen LogP contribution is 2.34. The monoisotopic (exact) mass is 383 g/mol. The van der Waals surface area contributed by atoms with Gasteiger partial charge >= 0.3 is 0 Å². The number of hydrogen-bond acceptors (Lipinski definition) is 7. The Morgan fingerprint density at radius 3 is 2.96 bits per heavy atom. The third kappa shape index (κ3) is 3.19. The molecule has 1 aliphatic rings. The summed E-state index contributed by atoms with van der Waals surface area (Å²) < 4.78 is 13.7. The molecule has 4 aromatic rings. The number of fused-ring (bicyclic) bond motifs is 2. The fraction of sp³-hybridized carbons (Fsp3) is 0.263. The van der Waals surface area contributed by atoms with Crippen LogP contribution >= 0.6 is 22.7 Å². The molecular formula is C19H17N3O2S2. The first-order chi connectivity index (χ1) is 12.8. The van der Waals surface area contributed by atoms with Gasteiger partial charge in [-0.1, -0.05) is 11.3 Å². The van der Waals surface area contributed by atoms with E-state index in [1.807, 2.05) is 18.2 Å².